The lowest BCUT2D eigenvalue weighted by molar-refractivity contribution is -0.128. The molecule has 0 radical (unpaired) electrons. The van der Waals surface area contributed by atoms with Crippen LogP contribution >= 0.6 is 23.2 Å². The molecule has 0 aromatic heterocycles. The molecule has 1 aromatic rings. The van der Waals surface area contributed by atoms with Gasteiger partial charge < -0.3 is 10.2 Å². The summed E-state index contributed by atoms with van der Waals surface area (Å²) in [4.78, 5) is 25.3. The van der Waals surface area contributed by atoms with Crippen LogP contribution in [0, 0.1) is 0 Å². The Hall–Kier alpha value is -1.26. The predicted molar refractivity (Wildman–Crippen MR) is 90.6 cm³/mol. The number of hydrogen-bond donors (Lipinski definition) is 1. The topological polar surface area (TPSA) is 49.4 Å². The van der Waals surface area contributed by atoms with Crippen LogP contribution in [-0.2, 0) is 4.79 Å². The number of unbranched alkanes of at least 4 members (excludes halogenated alkanes) is 2. The lowest BCUT2D eigenvalue weighted by Crippen LogP contribution is -2.38. The third-order valence-electron chi connectivity index (χ3n) is 3.33. The first-order chi connectivity index (χ1) is 10.5. The highest BCUT2D eigenvalue weighted by atomic mass is 35.5. The molecule has 1 rings (SSSR count). The van der Waals surface area contributed by atoms with E-state index in [2.05, 4.69) is 12.2 Å². The molecule has 1 aromatic carbocycles. The smallest absolute Gasteiger partial charge is 0.251 e. The highest BCUT2D eigenvalue weighted by Crippen LogP contribution is 2.22. The molecule has 0 atom stereocenters. The fourth-order valence-corrected chi connectivity index (χ4v) is 2.32. The molecule has 0 heterocycles. The van der Waals surface area contributed by atoms with Gasteiger partial charge >= 0.3 is 0 Å². The first kappa shape index (κ1) is 18.8. The largest absolute Gasteiger partial charge is 0.350 e. The van der Waals surface area contributed by atoms with Crippen LogP contribution in [0.5, 0.6) is 0 Å². The van der Waals surface area contributed by atoms with Crippen LogP contribution in [-0.4, -0.2) is 36.3 Å². The van der Waals surface area contributed by atoms with Crippen LogP contribution in [0.25, 0.3) is 0 Å². The van der Waals surface area contributed by atoms with Gasteiger partial charge in [-0.2, -0.15) is 0 Å². The van der Waals surface area contributed by atoms with Gasteiger partial charge in [-0.3, -0.25) is 9.59 Å². The van der Waals surface area contributed by atoms with Crippen LogP contribution in [0.3, 0.4) is 0 Å². The quantitative estimate of drug-likeness (QED) is 0.730. The Morgan fingerprint density at radius 2 is 1.86 bits per heavy atom. The molecule has 0 saturated heterocycles. The van der Waals surface area contributed by atoms with Crippen molar-refractivity contribution in [3.63, 3.8) is 0 Å². The number of carbonyl (C=O) groups is 2. The van der Waals surface area contributed by atoms with Crippen LogP contribution in [0.1, 0.15) is 43.5 Å². The number of benzene rings is 1. The number of carbonyl (C=O) groups excluding carboxylic acids is 2. The van der Waals surface area contributed by atoms with Gasteiger partial charge in [0.15, 0.2) is 0 Å². The Balaban J connectivity index is 2.45. The Morgan fingerprint density at radius 3 is 2.45 bits per heavy atom. The molecule has 0 bridgehead atoms. The van der Waals surface area contributed by atoms with Gasteiger partial charge in [-0.15, -0.1) is 0 Å². The van der Waals surface area contributed by atoms with E-state index in [1.807, 2.05) is 0 Å². The second kappa shape index (κ2) is 9.70. The molecular formula is C16H22Cl2N2O2. The first-order valence-electron chi connectivity index (χ1n) is 7.44. The monoisotopic (exact) mass is 344 g/mol. The van der Waals surface area contributed by atoms with E-state index in [0.29, 0.717) is 28.7 Å². The summed E-state index contributed by atoms with van der Waals surface area (Å²) in [7, 11) is 0. The van der Waals surface area contributed by atoms with E-state index < -0.39 is 0 Å². The highest BCUT2D eigenvalue weighted by molar-refractivity contribution is 6.42. The second-order valence-electron chi connectivity index (χ2n) is 5.10. The van der Waals surface area contributed by atoms with Gasteiger partial charge in [-0.1, -0.05) is 43.0 Å². The predicted octanol–water partition coefficient (Wildman–Crippen LogP) is 3.76. The minimum Gasteiger partial charge on any atom is -0.350 e. The third-order valence-corrected chi connectivity index (χ3v) is 4.07. The molecule has 0 saturated carbocycles. The van der Waals surface area contributed by atoms with E-state index in [1.165, 1.54) is 6.07 Å². The van der Waals surface area contributed by atoms with Gasteiger partial charge in [0, 0.05) is 32.1 Å². The average molecular weight is 345 g/mol. The van der Waals surface area contributed by atoms with E-state index in [4.69, 9.17) is 23.2 Å². The summed E-state index contributed by atoms with van der Waals surface area (Å²) in [6, 6.07) is 4.74. The van der Waals surface area contributed by atoms with E-state index in [1.54, 1.807) is 24.0 Å². The van der Waals surface area contributed by atoms with Crippen molar-refractivity contribution in [3.8, 4) is 0 Å². The molecule has 2 amide bonds. The van der Waals surface area contributed by atoms with E-state index in [9.17, 15) is 9.59 Å². The number of rotatable bonds is 8. The van der Waals surface area contributed by atoms with Gasteiger partial charge in [0.2, 0.25) is 5.91 Å². The molecule has 122 valence electrons. The summed E-state index contributed by atoms with van der Waals surface area (Å²) >= 11 is 11.7. The van der Waals surface area contributed by atoms with Gasteiger partial charge in [0.1, 0.15) is 0 Å². The average Bonchev–Trinajstić information content (AvgIpc) is 2.48. The molecular weight excluding hydrogens is 323 g/mol. The van der Waals surface area contributed by atoms with E-state index in [-0.39, 0.29) is 11.8 Å². The van der Waals surface area contributed by atoms with E-state index in [0.717, 1.165) is 25.8 Å². The maximum atomic E-state index is 12.0. The SMILES string of the molecule is CCCCCN(CCNC(=O)c1ccc(Cl)c(Cl)c1)C(C)=O. The minimum absolute atomic E-state index is 0.0277. The Kier molecular flexibility index (Phi) is 8.28. The zero-order valence-electron chi connectivity index (χ0n) is 13.0. The molecule has 0 aliphatic heterocycles. The van der Waals surface area contributed by atoms with Crippen molar-refractivity contribution >= 4 is 35.0 Å². The summed E-state index contributed by atoms with van der Waals surface area (Å²) in [6.45, 7) is 5.31. The van der Waals surface area contributed by atoms with Crippen molar-refractivity contribution in [2.24, 2.45) is 0 Å². The molecule has 1 N–H and O–H groups in total. The van der Waals surface area contributed by atoms with Crippen molar-refractivity contribution in [2.75, 3.05) is 19.6 Å². The van der Waals surface area contributed by atoms with Crippen LogP contribution in [0.15, 0.2) is 18.2 Å². The van der Waals surface area contributed by atoms with Crippen molar-refractivity contribution in [2.45, 2.75) is 33.1 Å². The van der Waals surface area contributed by atoms with Gasteiger partial charge in [-0.25, -0.2) is 0 Å². The fourth-order valence-electron chi connectivity index (χ4n) is 2.02. The number of amides is 2. The summed E-state index contributed by atoms with van der Waals surface area (Å²) in [5, 5.41) is 3.55. The number of hydrogen-bond acceptors (Lipinski definition) is 2. The number of halogens is 2. The Labute approximate surface area is 141 Å². The maximum Gasteiger partial charge on any atom is 0.251 e. The molecule has 22 heavy (non-hydrogen) atoms. The first-order valence-corrected chi connectivity index (χ1v) is 8.20. The van der Waals surface area contributed by atoms with Crippen LogP contribution < -0.4 is 5.32 Å². The molecule has 0 aliphatic rings. The van der Waals surface area contributed by atoms with Crippen LogP contribution in [0.2, 0.25) is 10.0 Å². The lowest BCUT2D eigenvalue weighted by atomic mass is 10.2. The van der Waals surface area contributed by atoms with E-state index >= 15 is 0 Å². The summed E-state index contributed by atoms with van der Waals surface area (Å²) in [6.07, 6.45) is 3.19. The molecule has 6 heteroatoms. The normalized spacial score (nSPS) is 10.4. The highest BCUT2D eigenvalue weighted by Gasteiger charge is 2.10. The third kappa shape index (κ3) is 6.24. The van der Waals surface area contributed by atoms with Crippen LogP contribution in [0.4, 0.5) is 0 Å². The number of nitrogens with one attached hydrogen (secondary N) is 1. The number of nitrogens with zero attached hydrogens (tertiary/aromatic N) is 1. The minimum atomic E-state index is -0.226. The zero-order valence-corrected chi connectivity index (χ0v) is 14.5. The van der Waals surface area contributed by atoms with Gasteiger partial charge in [0.05, 0.1) is 10.0 Å². The molecule has 0 fully saturated rings. The molecule has 0 unspecified atom stereocenters. The van der Waals surface area contributed by atoms with Gasteiger partial charge in [0.25, 0.3) is 5.91 Å². The fraction of sp³-hybridized carbons (Fsp3) is 0.500. The second-order valence-corrected chi connectivity index (χ2v) is 5.91. The summed E-state index contributed by atoms with van der Waals surface area (Å²) in [5.74, 6) is -0.199. The van der Waals surface area contributed by atoms with Crippen molar-refractivity contribution < 1.29 is 9.59 Å². The standard InChI is InChI=1S/C16H22Cl2N2O2/c1-3-4-5-9-20(12(2)21)10-8-19-16(22)13-6-7-14(17)15(18)11-13/h6-7,11H,3-5,8-10H2,1-2H3,(H,19,22). The molecule has 4 nitrogen and oxygen atoms in total. The van der Waals surface area contributed by atoms with Gasteiger partial charge in [-0.05, 0) is 24.6 Å². The van der Waals surface area contributed by atoms with Crippen molar-refractivity contribution in [1.29, 1.82) is 0 Å². The summed E-state index contributed by atoms with van der Waals surface area (Å²) < 4.78 is 0. The summed E-state index contributed by atoms with van der Waals surface area (Å²) in [5.41, 5.74) is 0.453. The molecule has 0 aliphatic carbocycles. The lowest BCUT2D eigenvalue weighted by Gasteiger charge is -2.21. The van der Waals surface area contributed by atoms with Crippen molar-refractivity contribution in [1.82, 2.24) is 10.2 Å². The Bertz CT molecular complexity index is 521. The maximum absolute atomic E-state index is 12.0. The zero-order chi connectivity index (χ0) is 16.5. The molecule has 0 spiro atoms. The van der Waals surface area contributed by atoms with Crippen molar-refractivity contribution in [3.05, 3.63) is 33.8 Å². The Morgan fingerprint density at radius 1 is 1.14 bits per heavy atom.